The normalized spacial score (nSPS) is 12.1. The van der Waals surface area contributed by atoms with E-state index in [4.69, 9.17) is 25.9 Å². The van der Waals surface area contributed by atoms with E-state index in [2.05, 4.69) is 15.5 Å². The zero-order valence-corrected chi connectivity index (χ0v) is 19.4. The summed E-state index contributed by atoms with van der Waals surface area (Å²) in [5.41, 5.74) is 2.94. The maximum Gasteiger partial charge on any atom is 0.416 e. The summed E-state index contributed by atoms with van der Waals surface area (Å²) in [6.45, 7) is -0.336. The summed E-state index contributed by atoms with van der Waals surface area (Å²) in [6.07, 6.45) is -2.92. The molecule has 0 saturated heterocycles. The van der Waals surface area contributed by atoms with Gasteiger partial charge in [-0.05, 0) is 6.07 Å². The Labute approximate surface area is 201 Å². The Morgan fingerprint density at radius 2 is 1.83 bits per heavy atom. The first kappa shape index (κ1) is 24.2. The van der Waals surface area contributed by atoms with Gasteiger partial charge in [-0.15, -0.1) is 11.3 Å². The quantitative estimate of drug-likeness (QED) is 0.151. The second-order valence-electron chi connectivity index (χ2n) is 7.15. The summed E-state index contributed by atoms with van der Waals surface area (Å²) in [7, 11) is 3.05. The Bertz CT molecular complexity index is 1380. The number of hydrogen-bond acceptors (Lipinski definition) is 8. The highest BCUT2D eigenvalue weighted by molar-refractivity contribution is 7.17. The zero-order chi connectivity index (χ0) is 25.2. The third kappa shape index (κ3) is 4.68. The molecule has 0 aliphatic rings. The van der Waals surface area contributed by atoms with Crippen LogP contribution in [-0.4, -0.2) is 29.6 Å². The van der Waals surface area contributed by atoms with E-state index in [0.29, 0.717) is 32.4 Å². The maximum absolute atomic E-state index is 13.4. The van der Waals surface area contributed by atoms with E-state index in [0.717, 1.165) is 6.07 Å². The number of nitrogens with zero attached hydrogens (tertiary/aromatic N) is 3. The molecule has 0 amide bonds. The van der Waals surface area contributed by atoms with Crippen LogP contribution in [0.3, 0.4) is 0 Å². The average Bonchev–Trinajstić information content (AvgIpc) is 3.46. The Kier molecular flexibility index (Phi) is 6.71. The van der Waals surface area contributed by atoms with E-state index in [1.54, 1.807) is 29.1 Å². The molecule has 0 radical (unpaired) electrons. The van der Waals surface area contributed by atoms with Gasteiger partial charge in [-0.2, -0.15) is 18.3 Å². The molecule has 4 rings (SSSR count). The van der Waals surface area contributed by atoms with E-state index in [-0.39, 0.29) is 23.8 Å². The van der Waals surface area contributed by atoms with Gasteiger partial charge in [0.05, 0.1) is 30.8 Å². The maximum atomic E-state index is 13.4. The number of hydrogen-bond donors (Lipinski definition) is 3. The Balaban J connectivity index is 1.76. The molecule has 0 unspecified atom stereocenters. The predicted octanol–water partition coefficient (Wildman–Crippen LogP) is 3.79. The summed E-state index contributed by atoms with van der Waals surface area (Å²) in [5.74, 6) is 12.4. The lowest BCUT2D eigenvalue weighted by Gasteiger charge is -2.13. The number of nitrogens with two attached hydrogens (primary N) is 2. The van der Waals surface area contributed by atoms with Crippen molar-refractivity contribution in [1.29, 1.82) is 0 Å². The number of thiophene rings is 1. The molecule has 0 bridgehead atoms. The molecule has 5 N–H and O–H groups in total. The molecule has 0 spiro atoms. The number of amidine groups is 1. The fourth-order valence-corrected chi connectivity index (χ4v) is 4.55. The Hall–Kier alpha value is -3.97. The Morgan fingerprint density at radius 1 is 1.11 bits per heavy atom. The third-order valence-corrected chi connectivity index (χ3v) is 6.28. The summed E-state index contributed by atoms with van der Waals surface area (Å²) < 4.78 is 58.5. The predicted molar refractivity (Wildman–Crippen MR) is 126 cm³/mol. The highest BCUT2D eigenvalue weighted by atomic mass is 32.1. The van der Waals surface area contributed by atoms with Crippen molar-refractivity contribution in [2.75, 3.05) is 14.2 Å². The van der Waals surface area contributed by atoms with Crippen LogP contribution in [-0.2, 0) is 12.8 Å². The van der Waals surface area contributed by atoms with Gasteiger partial charge in [0.1, 0.15) is 28.6 Å². The van der Waals surface area contributed by atoms with E-state index in [9.17, 15) is 13.2 Å². The van der Waals surface area contributed by atoms with Crippen LogP contribution >= 0.6 is 11.3 Å². The smallest absolute Gasteiger partial charge is 0.416 e. The molecule has 2 heterocycles. The van der Waals surface area contributed by atoms with Crippen LogP contribution in [0.2, 0.25) is 0 Å². The van der Waals surface area contributed by atoms with Gasteiger partial charge in [0.2, 0.25) is 0 Å². The van der Waals surface area contributed by atoms with Gasteiger partial charge in [-0.25, -0.2) is 10.8 Å². The minimum absolute atomic E-state index is 0.0180. The molecule has 184 valence electrons. The number of ether oxygens (including phenoxy) is 3. The van der Waals surface area contributed by atoms with Gasteiger partial charge in [-0.1, -0.05) is 18.2 Å². The summed E-state index contributed by atoms with van der Waals surface area (Å²) in [5, 5.41) is 4.26. The number of nitrogens with one attached hydrogen (secondary N) is 1. The van der Waals surface area contributed by atoms with Crippen molar-refractivity contribution in [3.05, 3.63) is 64.8 Å². The third-order valence-electron chi connectivity index (χ3n) is 5.16. The summed E-state index contributed by atoms with van der Waals surface area (Å²) >= 11 is 1.21. The van der Waals surface area contributed by atoms with Crippen molar-refractivity contribution < 1.29 is 27.4 Å². The van der Waals surface area contributed by atoms with Crippen LogP contribution in [0.5, 0.6) is 17.2 Å². The van der Waals surface area contributed by atoms with Crippen LogP contribution in [0.1, 0.15) is 16.0 Å². The van der Waals surface area contributed by atoms with Crippen LogP contribution in [0.15, 0.2) is 53.9 Å². The average molecular weight is 507 g/mol. The molecule has 35 heavy (non-hydrogen) atoms. The number of fused-ring (bicyclic) bond motifs is 1. The molecule has 0 saturated carbocycles. The molecule has 9 nitrogen and oxygen atoms in total. The number of hydrazine groups is 1. The fraction of sp³-hybridized carbons (Fsp3) is 0.182. The fourth-order valence-electron chi connectivity index (χ4n) is 3.50. The number of rotatable bonds is 7. The monoisotopic (exact) mass is 506 g/mol. The van der Waals surface area contributed by atoms with Crippen molar-refractivity contribution >= 4 is 28.2 Å². The van der Waals surface area contributed by atoms with Crippen molar-refractivity contribution in [3.63, 3.8) is 0 Å². The number of halogens is 3. The molecule has 0 aliphatic carbocycles. The van der Waals surface area contributed by atoms with E-state index in [1.807, 2.05) is 0 Å². The van der Waals surface area contributed by atoms with Crippen LogP contribution < -0.4 is 31.3 Å². The number of benzene rings is 2. The lowest BCUT2D eigenvalue weighted by Crippen LogP contribution is -2.31. The topological polar surface area (TPSA) is 122 Å². The van der Waals surface area contributed by atoms with Gasteiger partial charge in [-0.3, -0.25) is 4.57 Å². The van der Waals surface area contributed by atoms with E-state index < -0.39 is 11.7 Å². The number of aromatic nitrogens is 2. The van der Waals surface area contributed by atoms with Crippen LogP contribution in [0.4, 0.5) is 13.2 Å². The lowest BCUT2D eigenvalue weighted by atomic mass is 10.1. The van der Waals surface area contributed by atoms with Gasteiger partial charge < -0.3 is 25.5 Å². The number of alkyl halides is 3. The lowest BCUT2D eigenvalue weighted by molar-refractivity contribution is -0.138. The number of imidazole rings is 1. The van der Waals surface area contributed by atoms with Crippen molar-refractivity contribution in [2.24, 2.45) is 16.8 Å². The standard InChI is InChI=1S/C22H21F3N6O3S/c1-32-16-7-14-15(8-17(16)33-2)31(11-28-14)19-9-18(20(35-19)21(29-26)30-27)34-10-12-5-3-4-6-13(12)22(23,24)25/h3-9,11H,10,26-27H2,1-2H3,(H,29,30). The van der Waals surface area contributed by atoms with Gasteiger partial charge >= 0.3 is 6.18 Å². The van der Waals surface area contributed by atoms with Gasteiger partial charge in [0.15, 0.2) is 17.3 Å². The number of methoxy groups -OCH3 is 2. The second kappa shape index (κ2) is 9.72. The first-order chi connectivity index (χ1) is 16.8. The zero-order valence-electron chi connectivity index (χ0n) is 18.6. The highest BCUT2D eigenvalue weighted by Crippen LogP contribution is 2.38. The molecule has 2 aromatic heterocycles. The van der Waals surface area contributed by atoms with Crippen molar-refractivity contribution in [2.45, 2.75) is 12.8 Å². The van der Waals surface area contributed by atoms with Gasteiger partial charge in [0, 0.05) is 23.8 Å². The molecule has 4 aromatic rings. The molecule has 2 aromatic carbocycles. The molecular weight excluding hydrogens is 485 g/mol. The number of hydrazone groups is 1. The molecule has 0 fully saturated rings. The Morgan fingerprint density at radius 3 is 2.49 bits per heavy atom. The van der Waals surface area contributed by atoms with Crippen LogP contribution in [0, 0.1) is 0 Å². The van der Waals surface area contributed by atoms with E-state index >= 15 is 0 Å². The summed E-state index contributed by atoms with van der Waals surface area (Å²) in [6, 6.07) is 10.4. The van der Waals surface area contributed by atoms with Crippen molar-refractivity contribution in [3.8, 4) is 22.2 Å². The van der Waals surface area contributed by atoms with Crippen molar-refractivity contribution in [1.82, 2.24) is 15.0 Å². The summed E-state index contributed by atoms with van der Waals surface area (Å²) in [4.78, 5) is 4.81. The minimum Gasteiger partial charge on any atom is -0.493 e. The minimum atomic E-state index is -4.51. The van der Waals surface area contributed by atoms with Gasteiger partial charge in [0.25, 0.3) is 0 Å². The second-order valence-corrected chi connectivity index (χ2v) is 8.18. The highest BCUT2D eigenvalue weighted by Gasteiger charge is 2.33. The largest absolute Gasteiger partial charge is 0.493 e. The molecule has 0 aliphatic heterocycles. The first-order valence-corrected chi connectivity index (χ1v) is 10.9. The SMILES string of the molecule is COc1cc2ncn(-c3cc(OCc4ccccc4C(F)(F)F)c(/C(=N/N)NN)s3)c2cc1OC. The molecule has 0 atom stereocenters. The molecule has 13 heteroatoms. The van der Waals surface area contributed by atoms with Crippen LogP contribution in [0.25, 0.3) is 16.0 Å². The molecular formula is C22H21F3N6O3S. The first-order valence-electron chi connectivity index (χ1n) is 10.1. The van der Waals surface area contributed by atoms with E-state index in [1.165, 1.54) is 43.8 Å².